The average Bonchev–Trinajstić information content (AvgIpc) is 3.13. The summed E-state index contributed by atoms with van der Waals surface area (Å²) < 4.78 is 56.8. The molecule has 0 radical (unpaired) electrons. The van der Waals surface area contributed by atoms with Crippen LogP contribution < -0.4 is 19.5 Å². The van der Waals surface area contributed by atoms with Gasteiger partial charge in [0, 0.05) is 12.7 Å². The number of anilines is 1. The number of hydrogen-bond donors (Lipinski definition) is 2. The molecule has 0 atom stereocenters. The number of amides is 2. The van der Waals surface area contributed by atoms with Crippen molar-refractivity contribution in [3.05, 3.63) is 125 Å². The maximum atomic E-state index is 13.6. The maximum absolute atomic E-state index is 13.6. The minimum absolute atomic E-state index is 0.00651. The first-order chi connectivity index (χ1) is 25.4. The minimum Gasteiger partial charge on any atom is -0.511 e. The van der Waals surface area contributed by atoms with Gasteiger partial charge in [0.05, 0.1) is 43.4 Å². The van der Waals surface area contributed by atoms with Crippen molar-refractivity contribution in [2.45, 2.75) is 58.2 Å². The van der Waals surface area contributed by atoms with Gasteiger partial charge in [0.1, 0.15) is 28.8 Å². The molecule has 0 fully saturated rings. The minimum atomic E-state index is -4.69. The molecule has 1 aromatic heterocycles. The number of carbonyl (C=O) groups excluding carboxylic acids is 3. The molecule has 53 heavy (non-hydrogen) atoms. The van der Waals surface area contributed by atoms with Gasteiger partial charge in [-0.15, -0.1) is 0 Å². The van der Waals surface area contributed by atoms with Crippen LogP contribution in [0.15, 0.2) is 97.4 Å². The molecule has 4 aromatic rings. The van der Waals surface area contributed by atoms with Crippen molar-refractivity contribution in [1.29, 1.82) is 0 Å². The Kier molecular flexibility index (Phi) is 14.4. The zero-order valence-electron chi connectivity index (χ0n) is 29.6. The Bertz CT molecular complexity index is 1850. The van der Waals surface area contributed by atoms with Crippen molar-refractivity contribution in [2.24, 2.45) is 0 Å². The zero-order chi connectivity index (χ0) is 38.4. The summed E-state index contributed by atoms with van der Waals surface area (Å²) >= 11 is 0. The second kappa shape index (κ2) is 19.1. The molecule has 0 bridgehead atoms. The fourth-order valence-corrected chi connectivity index (χ4v) is 5.29. The van der Waals surface area contributed by atoms with Gasteiger partial charge in [-0.25, -0.2) is 9.78 Å². The summed E-state index contributed by atoms with van der Waals surface area (Å²) in [4.78, 5) is 44.1. The van der Waals surface area contributed by atoms with Crippen LogP contribution in [0.1, 0.15) is 76.4 Å². The van der Waals surface area contributed by atoms with Gasteiger partial charge in [0.2, 0.25) is 5.91 Å². The molecule has 0 spiro atoms. The molecule has 10 nitrogen and oxygen atoms in total. The number of benzene rings is 3. The summed E-state index contributed by atoms with van der Waals surface area (Å²) in [5.74, 6) is -1.07. The predicted molar refractivity (Wildman–Crippen MR) is 193 cm³/mol. The maximum Gasteiger partial charge on any atom is 0.416 e. The molecule has 2 N–H and O–H groups in total. The van der Waals surface area contributed by atoms with E-state index in [2.05, 4.69) is 23.8 Å². The van der Waals surface area contributed by atoms with E-state index < -0.39 is 35.9 Å². The quantitative estimate of drug-likeness (QED) is 0.0451. The molecule has 1 heterocycles. The Labute approximate surface area is 306 Å². The van der Waals surface area contributed by atoms with Gasteiger partial charge < -0.3 is 29.5 Å². The van der Waals surface area contributed by atoms with E-state index in [-0.39, 0.29) is 41.5 Å². The molecule has 0 saturated heterocycles. The highest BCUT2D eigenvalue weighted by molar-refractivity contribution is 5.95. The number of unbranched alkanes of at least 4 members (excludes halogenated alkanes) is 4. The number of halogens is 3. The number of esters is 1. The Balaban J connectivity index is 1.32. The van der Waals surface area contributed by atoms with Crippen LogP contribution in [0.3, 0.4) is 0 Å². The SMILES string of the molecule is C=C(O)CN(Cc1ccc(OC(=O)c2ccc(OCCCCCCC)cc2)cc1)C(=O)c1ccc(NC(=O)Cc2ccc(OC)cc2C(F)(F)F)nc1. The smallest absolute Gasteiger partial charge is 0.416 e. The number of nitrogens with zero attached hydrogens (tertiary/aromatic N) is 2. The van der Waals surface area contributed by atoms with E-state index in [0.717, 1.165) is 18.9 Å². The molecule has 13 heteroatoms. The number of carbonyl (C=O) groups is 3. The van der Waals surface area contributed by atoms with Crippen LogP contribution >= 0.6 is 0 Å². The fourth-order valence-electron chi connectivity index (χ4n) is 5.29. The highest BCUT2D eigenvalue weighted by Gasteiger charge is 2.34. The Morgan fingerprint density at radius 2 is 1.53 bits per heavy atom. The van der Waals surface area contributed by atoms with Crippen LogP contribution in [0.2, 0.25) is 0 Å². The third-order valence-electron chi connectivity index (χ3n) is 8.03. The number of aromatic nitrogens is 1. The third-order valence-corrected chi connectivity index (χ3v) is 8.03. The van der Waals surface area contributed by atoms with Crippen LogP contribution in [0.5, 0.6) is 17.2 Å². The number of aliphatic hydroxyl groups excluding tert-OH is 1. The largest absolute Gasteiger partial charge is 0.511 e. The fraction of sp³-hybridized carbons (Fsp3) is 0.300. The van der Waals surface area contributed by atoms with Crippen molar-refractivity contribution >= 4 is 23.6 Å². The van der Waals surface area contributed by atoms with Crippen LogP contribution in [0.25, 0.3) is 0 Å². The van der Waals surface area contributed by atoms with Gasteiger partial charge in [-0.05, 0) is 78.2 Å². The second-order valence-corrected chi connectivity index (χ2v) is 12.2. The topological polar surface area (TPSA) is 127 Å². The van der Waals surface area contributed by atoms with Gasteiger partial charge >= 0.3 is 12.1 Å². The normalized spacial score (nSPS) is 11.0. The monoisotopic (exact) mass is 733 g/mol. The summed E-state index contributed by atoms with van der Waals surface area (Å²) in [6.45, 7) is 6.13. The number of methoxy groups -OCH3 is 1. The number of ether oxygens (including phenoxy) is 3. The standard InChI is InChI=1S/C40H42F3N3O7/c1-4-5-6-7-8-21-52-32-17-11-29(12-18-32)39(50)53-33-15-9-28(10-16-33)26-46(25-27(2)47)38(49)31-14-20-36(44-24-31)45-37(48)22-30-13-19-34(51-3)23-35(30)40(41,42)43/h9-20,23-24,47H,2,4-8,21-22,25-26H2,1,3H3,(H,44,45,48). The van der Waals surface area contributed by atoms with Crippen molar-refractivity contribution in [1.82, 2.24) is 9.88 Å². The summed E-state index contributed by atoms with van der Waals surface area (Å²) in [6, 6.07) is 19.3. The van der Waals surface area contributed by atoms with Gasteiger partial charge in [-0.1, -0.05) is 57.4 Å². The molecular weight excluding hydrogens is 691 g/mol. The third kappa shape index (κ3) is 12.4. The molecule has 280 valence electrons. The molecule has 2 amide bonds. The highest BCUT2D eigenvalue weighted by Crippen LogP contribution is 2.35. The van der Waals surface area contributed by atoms with Crippen LogP contribution in [0.4, 0.5) is 19.0 Å². The molecule has 0 aliphatic rings. The number of pyridine rings is 1. The van der Waals surface area contributed by atoms with Gasteiger partial charge in [0.25, 0.3) is 5.91 Å². The number of rotatable bonds is 18. The lowest BCUT2D eigenvalue weighted by Crippen LogP contribution is -2.32. The van der Waals surface area contributed by atoms with Crippen molar-refractivity contribution in [3.63, 3.8) is 0 Å². The van der Waals surface area contributed by atoms with Crippen molar-refractivity contribution in [3.8, 4) is 17.2 Å². The lowest BCUT2D eigenvalue weighted by molar-refractivity contribution is -0.138. The average molecular weight is 734 g/mol. The first kappa shape index (κ1) is 39.9. The lowest BCUT2D eigenvalue weighted by Gasteiger charge is -2.22. The van der Waals surface area contributed by atoms with E-state index in [1.807, 2.05) is 0 Å². The van der Waals surface area contributed by atoms with Crippen LogP contribution in [-0.2, 0) is 23.9 Å². The molecular formula is C40H42F3N3O7. The highest BCUT2D eigenvalue weighted by atomic mass is 19.4. The Hall–Kier alpha value is -5.85. The van der Waals surface area contributed by atoms with E-state index in [1.54, 1.807) is 48.5 Å². The van der Waals surface area contributed by atoms with E-state index in [1.165, 1.54) is 61.7 Å². The van der Waals surface area contributed by atoms with Crippen molar-refractivity contribution < 1.29 is 46.9 Å². The first-order valence-corrected chi connectivity index (χ1v) is 17.1. The number of hydrogen-bond acceptors (Lipinski definition) is 8. The summed E-state index contributed by atoms with van der Waals surface area (Å²) in [6.07, 6.45) is 1.62. The molecule has 0 unspecified atom stereocenters. The van der Waals surface area contributed by atoms with Crippen LogP contribution in [-0.4, -0.2) is 53.0 Å². The zero-order valence-corrected chi connectivity index (χ0v) is 29.6. The molecule has 3 aromatic carbocycles. The van der Waals surface area contributed by atoms with Gasteiger partial charge in [0.15, 0.2) is 0 Å². The van der Waals surface area contributed by atoms with E-state index in [4.69, 9.17) is 14.2 Å². The molecule has 0 aliphatic carbocycles. The molecule has 4 rings (SSSR count). The molecule has 0 saturated carbocycles. The van der Waals surface area contributed by atoms with Gasteiger partial charge in [-0.3, -0.25) is 9.59 Å². The van der Waals surface area contributed by atoms with Gasteiger partial charge in [-0.2, -0.15) is 13.2 Å². The predicted octanol–water partition coefficient (Wildman–Crippen LogP) is 8.57. The Morgan fingerprint density at radius 1 is 0.868 bits per heavy atom. The second-order valence-electron chi connectivity index (χ2n) is 12.2. The Morgan fingerprint density at radius 3 is 2.15 bits per heavy atom. The van der Waals surface area contributed by atoms with E-state index >= 15 is 0 Å². The van der Waals surface area contributed by atoms with Crippen molar-refractivity contribution in [2.75, 3.05) is 25.6 Å². The first-order valence-electron chi connectivity index (χ1n) is 17.1. The van der Waals surface area contributed by atoms with E-state index in [0.29, 0.717) is 29.2 Å². The van der Waals surface area contributed by atoms with E-state index in [9.17, 15) is 32.7 Å². The number of alkyl halides is 3. The summed E-state index contributed by atoms with van der Waals surface area (Å²) in [5, 5.41) is 12.4. The summed E-state index contributed by atoms with van der Waals surface area (Å²) in [5.41, 5.74) is -0.100. The number of nitrogens with one attached hydrogen (secondary N) is 1. The summed E-state index contributed by atoms with van der Waals surface area (Å²) in [7, 11) is 1.24. The molecule has 0 aliphatic heterocycles. The number of aliphatic hydroxyl groups is 1. The van der Waals surface area contributed by atoms with Crippen LogP contribution in [0, 0.1) is 0 Å². The lowest BCUT2D eigenvalue weighted by atomic mass is 10.0.